The summed E-state index contributed by atoms with van der Waals surface area (Å²) in [4.78, 5) is 0. The van der Waals surface area contributed by atoms with Crippen LogP contribution in [-0.2, 0) is 4.74 Å². The zero-order chi connectivity index (χ0) is 16.6. The molecule has 0 spiro atoms. The van der Waals surface area contributed by atoms with E-state index in [-0.39, 0.29) is 13.0 Å². The lowest BCUT2D eigenvalue weighted by Crippen LogP contribution is -2.26. The number of hydrogen-bond acceptors (Lipinski definition) is 1. The van der Waals surface area contributed by atoms with Gasteiger partial charge in [0.2, 0.25) is 0 Å². The van der Waals surface area contributed by atoms with Crippen molar-refractivity contribution >= 4 is 0 Å². The molecule has 0 heterocycles. The largest absolute Gasteiger partial charge is 0.394 e. The molecule has 1 aliphatic rings. The van der Waals surface area contributed by atoms with Crippen molar-refractivity contribution in [2.24, 2.45) is 17.3 Å². The molecule has 0 aromatic rings. The maximum absolute atomic E-state index is 12.5. The molecule has 0 bridgehead atoms. The highest BCUT2D eigenvalue weighted by Gasteiger charge is 2.38. The van der Waals surface area contributed by atoms with Crippen molar-refractivity contribution < 1.29 is 17.9 Å². The van der Waals surface area contributed by atoms with Gasteiger partial charge in [-0.2, -0.15) is 13.2 Å². The highest BCUT2D eigenvalue weighted by Crippen LogP contribution is 2.41. The Hall–Kier alpha value is -0.510. The molecule has 0 N–H and O–H groups in total. The third-order valence-corrected chi connectivity index (χ3v) is 5.20. The molecule has 1 nitrogen and oxygen atoms in total. The van der Waals surface area contributed by atoms with Crippen molar-refractivity contribution in [3.05, 3.63) is 12.2 Å². The predicted molar refractivity (Wildman–Crippen MR) is 84.8 cm³/mol. The lowest BCUT2D eigenvalue weighted by atomic mass is 9.70. The monoisotopic (exact) mass is 320 g/mol. The molecule has 0 radical (unpaired) electrons. The van der Waals surface area contributed by atoms with E-state index < -0.39 is 12.1 Å². The summed E-state index contributed by atoms with van der Waals surface area (Å²) >= 11 is 0. The van der Waals surface area contributed by atoms with Crippen LogP contribution in [0, 0.1) is 17.3 Å². The van der Waals surface area contributed by atoms with Gasteiger partial charge >= 0.3 is 6.18 Å². The second-order valence-electron chi connectivity index (χ2n) is 6.94. The fraction of sp³-hybridized carbons (Fsp3) is 0.889. The fourth-order valence-corrected chi connectivity index (χ4v) is 2.99. The van der Waals surface area contributed by atoms with Crippen LogP contribution in [0.3, 0.4) is 0 Å². The first kappa shape index (κ1) is 19.5. The first-order valence-electron chi connectivity index (χ1n) is 8.62. The van der Waals surface area contributed by atoms with Gasteiger partial charge in [0.05, 0.1) is 19.1 Å². The van der Waals surface area contributed by atoms with Crippen LogP contribution in [0.4, 0.5) is 13.2 Å². The Morgan fingerprint density at radius 1 is 1.23 bits per heavy atom. The van der Waals surface area contributed by atoms with E-state index in [0.717, 1.165) is 0 Å². The Morgan fingerprint density at radius 2 is 1.86 bits per heavy atom. The number of rotatable bonds is 8. The highest BCUT2D eigenvalue weighted by atomic mass is 19.4. The second-order valence-corrected chi connectivity index (χ2v) is 6.94. The molecular weight excluding hydrogens is 289 g/mol. The molecule has 130 valence electrons. The van der Waals surface area contributed by atoms with Gasteiger partial charge in [0, 0.05) is 0 Å². The molecule has 22 heavy (non-hydrogen) atoms. The Bertz CT molecular complexity index is 328. The number of ether oxygens (including phenoxy) is 1. The van der Waals surface area contributed by atoms with Crippen LogP contribution in [0.25, 0.3) is 0 Å². The quantitative estimate of drug-likeness (QED) is 0.385. The summed E-state index contributed by atoms with van der Waals surface area (Å²) in [6, 6.07) is 0. The Balaban J connectivity index is 2.15. The van der Waals surface area contributed by atoms with Crippen molar-refractivity contribution in [3.63, 3.8) is 0 Å². The van der Waals surface area contributed by atoms with Crippen LogP contribution in [0.5, 0.6) is 0 Å². The molecule has 1 saturated carbocycles. The number of allylic oxidation sites excluding steroid dienone is 1. The van der Waals surface area contributed by atoms with Crippen LogP contribution >= 0.6 is 0 Å². The summed E-state index contributed by atoms with van der Waals surface area (Å²) in [7, 11) is 0. The topological polar surface area (TPSA) is 9.23 Å². The summed E-state index contributed by atoms with van der Waals surface area (Å²) < 4.78 is 42.8. The zero-order valence-corrected chi connectivity index (χ0v) is 14.2. The Morgan fingerprint density at radius 3 is 2.36 bits per heavy atom. The smallest absolute Gasteiger partial charge is 0.380 e. The van der Waals surface area contributed by atoms with E-state index in [1.54, 1.807) is 6.92 Å². The molecule has 0 aliphatic heterocycles. The molecule has 0 amide bonds. The molecule has 0 saturated heterocycles. The van der Waals surface area contributed by atoms with E-state index >= 15 is 0 Å². The predicted octanol–water partition coefficient (Wildman–Crippen LogP) is 6.14. The Kier molecular flexibility index (Phi) is 7.95. The molecule has 1 aliphatic carbocycles. The average Bonchev–Trinajstić information content (AvgIpc) is 2.47. The van der Waals surface area contributed by atoms with Crippen molar-refractivity contribution in [1.82, 2.24) is 0 Å². The van der Waals surface area contributed by atoms with Crippen molar-refractivity contribution in [2.75, 3.05) is 13.2 Å². The first-order valence-corrected chi connectivity index (χ1v) is 8.62. The minimum atomic E-state index is -4.14. The normalized spacial score (nSPS) is 28.2. The first-order chi connectivity index (χ1) is 10.3. The maximum atomic E-state index is 12.5. The van der Waals surface area contributed by atoms with Crippen LogP contribution in [0.15, 0.2) is 12.2 Å². The van der Waals surface area contributed by atoms with E-state index in [0.29, 0.717) is 24.4 Å². The number of alkyl halides is 3. The molecule has 0 unspecified atom stereocenters. The van der Waals surface area contributed by atoms with Gasteiger partial charge < -0.3 is 4.74 Å². The SMILES string of the molecule is CC[C@H](COCCC=CC1CCC(C)(CC)CC1)C(F)(F)F. The van der Waals surface area contributed by atoms with Gasteiger partial charge in [-0.1, -0.05) is 39.3 Å². The van der Waals surface area contributed by atoms with E-state index in [1.165, 1.54) is 32.1 Å². The zero-order valence-electron chi connectivity index (χ0n) is 14.2. The summed E-state index contributed by atoms with van der Waals surface area (Å²) in [5.41, 5.74) is 0.514. The average molecular weight is 320 g/mol. The van der Waals surface area contributed by atoms with E-state index in [2.05, 4.69) is 26.0 Å². The maximum Gasteiger partial charge on any atom is 0.394 e. The summed E-state index contributed by atoms with van der Waals surface area (Å²) in [6.45, 7) is 6.34. The minimum Gasteiger partial charge on any atom is -0.380 e. The molecule has 1 atom stereocenters. The van der Waals surface area contributed by atoms with E-state index in [1.807, 2.05) is 0 Å². The highest BCUT2D eigenvalue weighted by molar-refractivity contribution is 4.93. The minimum absolute atomic E-state index is 0.0810. The summed E-state index contributed by atoms with van der Waals surface area (Å²) in [5, 5.41) is 0. The van der Waals surface area contributed by atoms with E-state index in [9.17, 15) is 13.2 Å². The molecule has 0 aromatic heterocycles. The number of hydrogen-bond donors (Lipinski definition) is 0. The van der Waals surface area contributed by atoms with Crippen LogP contribution < -0.4 is 0 Å². The third kappa shape index (κ3) is 6.72. The van der Waals surface area contributed by atoms with Gasteiger partial charge in [-0.25, -0.2) is 0 Å². The second kappa shape index (κ2) is 8.95. The van der Waals surface area contributed by atoms with Gasteiger partial charge in [-0.3, -0.25) is 0 Å². The van der Waals surface area contributed by atoms with Gasteiger partial charge in [-0.05, 0) is 49.9 Å². The number of halogens is 3. The molecule has 0 aromatic carbocycles. The van der Waals surface area contributed by atoms with Crippen LogP contribution in [-0.4, -0.2) is 19.4 Å². The van der Waals surface area contributed by atoms with Crippen LogP contribution in [0.1, 0.15) is 65.7 Å². The van der Waals surface area contributed by atoms with Crippen LogP contribution in [0.2, 0.25) is 0 Å². The van der Waals surface area contributed by atoms with Gasteiger partial charge in [-0.15, -0.1) is 0 Å². The Labute approximate surface area is 133 Å². The lowest BCUT2D eigenvalue weighted by Gasteiger charge is -2.35. The van der Waals surface area contributed by atoms with Gasteiger partial charge in [0.15, 0.2) is 0 Å². The summed E-state index contributed by atoms with van der Waals surface area (Å²) in [6.07, 6.45) is 7.22. The molecule has 1 rings (SSSR count). The molecule has 4 heteroatoms. The van der Waals surface area contributed by atoms with Crippen molar-refractivity contribution in [2.45, 2.75) is 71.9 Å². The lowest BCUT2D eigenvalue weighted by molar-refractivity contribution is -0.188. The molecule has 1 fully saturated rings. The van der Waals surface area contributed by atoms with Gasteiger partial charge in [0.1, 0.15) is 0 Å². The standard InChI is InChI=1S/C18H31F3O/c1-4-16(18(19,20)21)14-22-13-7-6-8-15-9-11-17(3,5-2)12-10-15/h6,8,15-16H,4-5,7,9-14H2,1-3H3/t15?,16-,17?/m1/s1. The van der Waals surface area contributed by atoms with Crippen molar-refractivity contribution in [1.29, 1.82) is 0 Å². The van der Waals surface area contributed by atoms with Crippen molar-refractivity contribution in [3.8, 4) is 0 Å². The van der Waals surface area contributed by atoms with E-state index in [4.69, 9.17) is 4.74 Å². The van der Waals surface area contributed by atoms with Gasteiger partial charge in [0.25, 0.3) is 0 Å². The third-order valence-electron chi connectivity index (χ3n) is 5.20. The fourth-order valence-electron chi connectivity index (χ4n) is 2.99. The summed E-state index contributed by atoms with van der Waals surface area (Å²) in [5.74, 6) is -0.695. The molecular formula is C18H31F3O.